The van der Waals surface area contributed by atoms with E-state index in [4.69, 9.17) is 16.3 Å². The molecule has 2 aromatic rings. The number of benzene rings is 1. The van der Waals surface area contributed by atoms with E-state index in [1.807, 2.05) is 36.6 Å². The first-order chi connectivity index (χ1) is 11.5. The smallest absolute Gasteiger partial charge is 0.328 e. The molecule has 1 N–H and O–H groups in total. The molecule has 0 spiro atoms. The summed E-state index contributed by atoms with van der Waals surface area (Å²) in [6, 6.07) is 10.5. The van der Waals surface area contributed by atoms with Gasteiger partial charge in [-0.1, -0.05) is 23.7 Å². The average molecular weight is 384 g/mol. The third-order valence-electron chi connectivity index (χ3n) is 3.36. The van der Waals surface area contributed by atoms with Gasteiger partial charge in [-0.3, -0.25) is 4.79 Å². The molecule has 1 aromatic heterocycles. The van der Waals surface area contributed by atoms with Gasteiger partial charge in [-0.25, -0.2) is 4.79 Å². The van der Waals surface area contributed by atoms with Gasteiger partial charge in [0.1, 0.15) is 6.04 Å². The largest absolute Gasteiger partial charge is 0.467 e. The number of methoxy groups -OCH3 is 1. The van der Waals surface area contributed by atoms with Crippen molar-refractivity contribution in [1.29, 1.82) is 0 Å². The third-order valence-corrected chi connectivity index (χ3v) is 5.39. The lowest BCUT2D eigenvalue weighted by atomic mass is 10.2. The topological polar surface area (TPSA) is 55.4 Å². The summed E-state index contributed by atoms with van der Waals surface area (Å²) in [7, 11) is 1.32. The van der Waals surface area contributed by atoms with E-state index >= 15 is 0 Å². The maximum Gasteiger partial charge on any atom is 0.328 e. The number of hydrogen-bond donors (Lipinski definition) is 1. The monoisotopic (exact) mass is 383 g/mol. The molecule has 0 aliphatic carbocycles. The van der Waals surface area contributed by atoms with Crippen molar-refractivity contribution < 1.29 is 14.3 Å². The Balaban J connectivity index is 2.09. The molecule has 0 aliphatic heterocycles. The third kappa shape index (κ3) is 5.00. The molecule has 24 heavy (non-hydrogen) atoms. The molecule has 4 nitrogen and oxygen atoms in total. The molecule has 1 atom stereocenters. The summed E-state index contributed by atoms with van der Waals surface area (Å²) >= 11 is 8.88. The van der Waals surface area contributed by atoms with Gasteiger partial charge < -0.3 is 10.1 Å². The van der Waals surface area contributed by atoms with E-state index < -0.39 is 12.0 Å². The van der Waals surface area contributed by atoms with Crippen LogP contribution in [-0.2, 0) is 9.53 Å². The van der Waals surface area contributed by atoms with Crippen molar-refractivity contribution in [2.24, 2.45) is 0 Å². The molecule has 0 fully saturated rings. The van der Waals surface area contributed by atoms with Crippen LogP contribution in [0.5, 0.6) is 0 Å². The zero-order valence-electron chi connectivity index (χ0n) is 13.4. The lowest BCUT2D eigenvalue weighted by molar-refractivity contribution is -0.142. The Bertz CT molecular complexity index is 700. The fraction of sp³-hybridized carbons (Fsp3) is 0.294. The molecule has 0 radical (unpaired) electrons. The molecule has 0 aliphatic rings. The van der Waals surface area contributed by atoms with Gasteiger partial charge in [0.25, 0.3) is 5.91 Å². The van der Waals surface area contributed by atoms with E-state index in [9.17, 15) is 9.59 Å². The molecule has 1 amide bonds. The molecule has 0 unspecified atom stereocenters. The number of thiophene rings is 1. The van der Waals surface area contributed by atoms with E-state index in [2.05, 4.69) is 5.32 Å². The quantitative estimate of drug-likeness (QED) is 0.731. The van der Waals surface area contributed by atoms with E-state index in [0.717, 1.165) is 16.2 Å². The fourth-order valence-electron chi connectivity index (χ4n) is 2.09. The van der Waals surface area contributed by atoms with Crippen LogP contribution >= 0.6 is 34.7 Å². The second kappa shape index (κ2) is 9.11. The fourth-order valence-corrected chi connectivity index (χ4v) is 3.60. The molecule has 1 heterocycles. The van der Waals surface area contributed by atoms with Crippen LogP contribution in [0.2, 0.25) is 5.02 Å². The predicted octanol–water partition coefficient (Wildman–Crippen LogP) is 4.09. The van der Waals surface area contributed by atoms with Crippen LogP contribution in [0.3, 0.4) is 0 Å². The Kier molecular flexibility index (Phi) is 7.15. The highest BCUT2D eigenvalue weighted by Gasteiger charge is 2.22. The second-order valence-corrected chi connectivity index (χ2v) is 7.51. The van der Waals surface area contributed by atoms with Crippen molar-refractivity contribution in [3.8, 4) is 10.4 Å². The van der Waals surface area contributed by atoms with Gasteiger partial charge in [0.2, 0.25) is 0 Å². The Hall–Kier alpha value is -1.50. The molecular weight excluding hydrogens is 366 g/mol. The van der Waals surface area contributed by atoms with Gasteiger partial charge in [0, 0.05) is 9.90 Å². The molecule has 1 aromatic carbocycles. The van der Waals surface area contributed by atoms with Crippen LogP contribution in [0, 0.1) is 0 Å². The van der Waals surface area contributed by atoms with Crippen molar-refractivity contribution in [2.75, 3.05) is 19.1 Å². The summed E-state index contributed by atoms with van der Waals surface area (Å²) in [6.45, 7) is 0. The molecular formula is C17H18ClNO3S2. The number of hydrogen-bond acceptors (Lipinski definition) is 5. The van der Waals surface area contributed by atoms with E-state index in [1.165, 1.54) is 18.4 Å². The molecule has 7 heteroatoms. The number of ether oxygens (including phenoxy) is 1. The van der Waals surface area contributed by atoms with Gasteiger partial charge in [0.05, 0.1) is 12.0 Å². The standard InChI is InChI=1S/C17H18ClNO3S2/c1-22-17(21)13(9-10-23-2)19-16(20)15-8-7-14(24-15)11-3-5-12(18)6-4-11/h3-8,13H,9-10H2,1-2H3,(H,19,20)/t13-/m0/s1. The zero-order chi connectivity index (χ0) is 17.5. The van der Waals surface area contributed by atoms with Gasteiger partial charge in [-0.15, -0.1) is 11.3 Å². The molecule has 128 valence electrons. The first-order valence-corrected chi connectivity index (χ1v) is 9.87. The van der Waals surface area contributed by atoms with Crippen LogP contribution in [0.1, 0.15) is 16.1 Å². The minimum atomic E-state index is -0.629. The van der Waals surface area contributed by atoms with E-state index in [0.29, 0.717) is 16.3 Å². The van der Waals surface area contributed by atoms with Gasteiger partial charge in [0.15, 0.2) is 0 Å². The molecule has 0 saturated carbocycles. The molecule has 2 rings (SSSR count). The lowest BCUT2D eigenvalue weighted by Crippen LogP contribution is -2.41. The molecule has 0 bridgehead atoms. The number of carbonyl (C=O) groups excluding carboxylic acids is 2. The number of thioether (sulfide) groups is 1. The highest BCUT2D eigenvalue weighted by atomic mass is 35.5. The first kappa shape index (κ1) is 18.8. The Morgan fingerprint density at radius 1 is 1.25 bits per heavy atom. The van der Waals surface area contributed by atoms with E-state index in [-0.39, 0.29) is 5.91 Å². The highest BCUT2D eigenvalue weighted by molar-refractivity contribution is 7.98. The first-order valence-electron chi connectivity index (χ1n) is 7.28. The SMILES string of the molecule is COC(=O)[C@H](CCSC)NC(=O)c1ccc(-c2ccc(Cl)cc2)s1. The van der Waals surface area contributed by atoms with E-state index in [1.54, 1.807) is 17.8 Å². The Morgan fingerprint density at radius 3 is 2.58 bits per heavy atom. The number of esters is 1. The van der Waals surface area contributed by atoms with Crippen LogP contribution in [0.4, 0.5) is 0 Å². The van der Waals surface area contributed by atoms with Crippen LogP contribution in [0.25, 0.3) is 10.4 Å². The summed E-state index contributed by atoms with van der Waals surface area (Å²) in [5, 5.41) is 3.42. The molecule has 0 saturated heterocycles. The minimum Gasteiger partial charge on any atom is -0.467 e. The predicted molar refractivity (Wildman–Crippen MR) is 101 cm³/mol. The lowest BCUT2D eigenvalue weighted by Gasteiger charge is -2.15. The number of halogens is 1. The number of nitrogens with one attached hydrogen (secondary N) is 1. The summed E-state index contributed by atoms with van der Waals surface area (Å²) in [5.41, 5.74) is 0.996. The maximum atomic E-state index is 12.4. The van der Waals surface area contributed by atoms with Crippen LogP contribution in [0.15, 0.2) is 36.4 Å². The van der Waals surface area contributed by atoms with Gasteiger partial charge in [-0.05, 0) is 48.3 Å². The van der Waals surface area contributed by atoms with Gasteiger partial charge >= 0.3 is 5.97 Å². The second-order valence-electron chi connectivity index (χ2n) is 5.00. The zero-order valence-corrected chi connectivity index (χ0v) is 15.8. The van der Waals surface area contributed by atoms with Crippen molar-refractivity contribution in [2.45, 2.75) is 12.5 Å². The minimum absolute atomic E-state index is 0.267. The Morgan fingerprint density at radius 2 is 1.96 bits per heavy atom. The Labute approximate surface area is 154 Å². The summed E-state index contributed by atoms with van der Waals surface area (Å²) in [6.07, 6.45) is 2.49. The average Bonchev–Trinajstić information content (AvgIpc) is 3.08. The summed E-state index contributed by atoms with van der Waals surface area (Å²) in [4.78, 5) is 25.7. The number of amides is 1. The van der Waals surface area contributed by atoms with Crippen molar-refractivity contribution >= 4 is 46.6 Å². The van der Waals surface area contributed by atoms with Gasteiger partial charge in [-0.2, -0.15) is 11.8 Å². The number of carbonyl (C=O) groups is 2. The summed E-state index contributed by atoms with van der Waals surface area (Å²) < 4.78 is 4.76. The highest BCUT2D eigenvalue weighted by Crippen LogP contribution is 2.29. The van der Waals surface area contributed by atoms with Crippen LogP contribution in [-0.4, -0.2) is 37.0 Å². The van der Waals surface area contributed by atoms with Crippen molar-refractivity contribution in [1.82, 2.24) is 5.32 Å². The normalized spacial score (nSPS) is 11.8. The van der Waals surface area contributed by atoms with Crippen molar-refractivity contribution in [3.05, 3.63) is 46.3 Å². The van der Waals surface area contributed by atoms with Crippen LogP contribution < -0.4 is 5.32 Å². The summed E-state index contributed by atoms with van der Waals surface area (Å²) in [5.74, 6) is 0.0733. The number of rotatable bonds is 7. The maximum absolute atomic E-state index is 12.4. The van der Waals surface area contributed by atoms with Crippen molar-refractivity contribution in [3.63, 3.8) is 0 Å².